The second-order valence-corrected chi connectivity index (χ2v) is 5.33. The van der Waals surface area contributed by atoms with Crippen LogP contribution in [0.1, 0.15) is 22.5 Å². The van der Waals surface area contributed by atoms with E-state index in [1.807, 2.05) is 24.3 Å². The van der Waals surface area contributed by atoms with Crippen molar-refractivity contribution in [2.24, 2.45) is 5.73 Å². The number of aromatic nitrogens is 1. The third-order valence-corrected chi connectivity index (χ3v) is 3.94. The topological polar surface area (TPSA) is 48.1 Å². The molecule has 0 aliphatic heterocycles. The maximum absolute atomic E-state index is 6.02. The highest BCUT2D eigenvalue weighted by Gasteiger charge is 2.09. The van der Waals surface area contributed by atoms with Gasteiger partial charge in [-0.3, -0.25) is 0 Å². The molecule has 0 atom stereocenters. The number of rotatable bonds is 5. The number of nitrogens with zero attached hydrogens (tertiary/aromatic N) is 1. The van der Waals surface area contributed by atoms with Gasteiger partial charge in [0.15, 0.2) is 0 Å². The molecule has 18 heavy (non-hydrogen) atoms. The van der Waals surface area contributed by atoms with Crippen molar-refractivity contribution in [3.8, 4) is 5.75 Å². The molecular weight excluding hydrogens is 268 g/mol. The highest BCUT2D eigenvalue weighted by molar-refractivity contribution is 7.11. The number of aryl methyl sites for hydroxylation is 1. The van der Waals surface area contributed by atoms with E-state index in [0.29, 0.717) is 23.9 Å². The number of benzene rings is 1. The summed E-state index contributed by atoms with van der Waals surface area (Å²) in [4.78, 5) is 5.65. The zero-order valence-electron chi connectivity index (χ0n) is 10.1. The summed E-state index contributed by atoms with van der Waals surface area (Å²) in [7, 11) is 0. The molecule has 0 radical (unpaired) electrons. The highest BCUT2D eigenvalue weighted by atomic mass is 35.5. The van der Waals surface area contributed by atoms with Crippen LogP contribution >= 0.6 is 22.9 Å². The van der Waals surface area contributed by atoms with Crippen LogP contribution in [-0.2, 0) is 19.6 Å². The first-order valence-electron chi connectivity index (χ1n) is 5.79. The van der Waals surface area contributed by atoms with Gasteiger partial charge in [0.25, 0.3) is 0 Å². The van der Waals surface area contributed by atoms with E-state index in [0.717, 1.165) is 22.0 Å². The van der Waals surface area contributed by atoms with E-state index >= 15 is 0 Å². The number of halogens is 1. The summed E-state index contributed by atoms with van der Waals surface area (Å²) >= 11 is 7.62. The Morgan fingerprint density at radius 1 is 1.39 bits per heavy atom. The van der Waals surface area contributed by atoms with Crippen molar-refractivity contribution >= 4 is 22.9 Å². The van der Waals surface area contributed by atoms with Gasteiger partial charge in [-0.15, -0.1) is 11.3 Å². The smallest absolute Gasteiger partial charge is 0.140 e. The Morgan fingerprint density at radius 3 is 2.78 bits per heavy atom. The van der Waals surface area contributed by atoms with Crippen molar-refractivity contribution in [1.82, 2.24) is 4.98 Å². The fraction of sp³-hybridized carbons (Fsp3) is 0.308. The summed E-state index contributed by atoms with van der Waals surface area (Å²) in [5.41, 5.74) is 6.75. The molecule has 0 aliphatic rings. The van der Waals surface area contributed by atoms with Gasteiger partial charge in [-0.25, -0.2) is 4.98 Å². The first-order valence-corrected chi connectivity index (χ1v) is 6.99. The molecule has 3 nitrogen and oxygen atoms in total. The van der Waals surface area contributed by atoms with Crippen LogP contribution in [0.4, 0.5) is 0 Å². The SMILES string of the molecule is CCc1nc(COc2ccccc2Cl)sc1CN. The van der Waals surface area contributed by atoms with Crippen molar-refractivity contribution in [3.05, 3.63) is 44.9 Å². The van der Waals surface area contributed by atoms with Gasteiger partial charge in [0, 0.05) is 11.4 Å². The van der Waals surface area contributed by atoms with Gasteiger partial charge in [-0.2, -0.15) is 0 Å². The summed E-state index contributed by atoms with van der Waals surface area (Å²) in [6, 6.07) is 7.42. The van der Waals surface area contributed by atoms with Crippen LogP contribution in [0.2, 0.25) is 5.02 Å². The second-order valence-electron chi connectivity index (χ2n) is 3.75. The first kappa shape index (κ1) is 13.3. The van der Waals surface area contributed by atoms with Gasteiger partial charge in [0.2, 0.25) is 0 Å². The Labute approximate surface area is 116 Å². The van der Waals surface area contributed by atoms with Crippen LogP contribution < -0.4 is 10.5 Å². The van der Waals surface area contributed by atoms with Crippen molar-refractivity contribution < 1.29 is 4.74 Å². The number of hydrogen-bond donors (Lipinski definition) is 1. The van der Waals surface area contributed by atoms with Crippen LogP contribution in [0.5, 0.6) is 5.75 Å². The number of ether oxygens (including phenoxy) is 1. The lowest BCUT2D eigenvalue weighted by atomic mass is 10.3. The first-order chi connectivity index (χ1) is 8.74. The van der Waals surface area contributed by atoms with Crippen molar-refractivity contribution in [1.29, 1.82) is 0 Å². The molecule has 0 fully saturated rings. The Bertz CT molecular complexity index is 506. The molecule has 1 aromatic heterocycles. The predicted octanol–water partition coefficient (Wildman–Crippen LogP) is 3.40. The zero-order chi connectivity index (χ0) is 13.0. The molecule has 2 N–H and O–H groups in total. The molecule has 0 saturated heterocycles. The molecule has 0 saturated carbocycles. The number of nitrogens with two attached hydrogens (primary N) is 1. The van der Waals surface area contributed by atoms with E-state index in [1.165, 1.54) is 0 Å². The molecule has 0 bridgehead atoms. The summed E-state index contributed by atoms with van der Waals surface area (Å²) in [6.07, 6.45) is 0.898. The Hall–Kier alpha value is -1.10. The van der Waals surface area contributed by atoms with Crippen molar-refractivity contribution in [2.75, 3.05) is 0 Å². The minimum Gasteiger partial charge on any atom is -0.485 e. The molecule has 0 spiro atoms. The summed E-state index contributed by atoms with van der Waals surface area (Å²) in [6.45, 7) is 3.04. The van der Waals surface area contributed by atoms with Crippen LogP contribution in [-0.4, -0.2) is 4.98 Å². The minimum absolute atomic E-state index is 0.432. The predicted molar refractivity (Wildman–Crippen MR) is 75.2 cm³/mol. The molecule has 0 amide bonds. The standard InChI is InChI=1S/C13H15ClN2OS/c1-2-10-12(7-15)18-13(16-10)8-17-11-6-4-3-5-9(11)14/h3-6H,2,7-8,15H2,1H3. The quantitative estimate of drug-likeness (QED) is 0.914. The van der Waals surface area contributed by atoms with Gasteiger partial charge in [0.1, 0.15) is 17.4 Å². The Morgan fingerprint density at radius 2 is 2.17 bits per heavy atom. The lowest BCUT2D eigenvalue weighted by Crippen LogP contribution is -1.97. The number of thiazole rings is 1. The molecule has 0 unspecified atom stereocenters. The number of para-hydroxylation sites is 1. The lowest BCUT2D eigenvalue weighted by molar-refractivity contribution is 0.305. The number of hydrogen-bond acceptors (Lipinski definition) is 4. The molecule has 0 aliphatic carbocycles. The van der Waals surface area contributed by atoms with Gasteiger partial charge in [-0.05, 0) is 18.6 Å². The molecule has 1 aromatic carbocycles. The summed E-state index contributed by atoms with van der Waals surface area (Å²) < 4.78 is 5.66. The summed E-state index contributed by atoms with van der Waals surface area (Å²) in [5, 5.41) is 1.55. The van der Waals surface area contributed by atoms with E-state index in [4.69, 9.17) is 22.1 Å². The average Bonchev–Trinajstić information content (AvgIpc) is 2.80. The zero-order valence-corrected chi connectivity index (χ0v) is 11.7. The fourth-order valence-electron chi connectivity index (χ4n) is 1.64. The summed E-state index contributed by atoms with van der Waals surface area (Å²) in [5.74, 6) is 0.682. The molecule has 96 valence electrons. The van der Waals surface area contributed by atoms with Crippen LogP contribution in [0.15, 0.2) is 24.3 Å². The van der Waals surface area contributed by atoms with Crippen molar-refractivity contribution in [3.63, 3.8) is 0 Å². The largest absolute Gasteiger partial charge is 0.485 e. The third kappa shape index (κ3) is 3.02. The Balaban J connectivity index is 2.06. The van der Waals surface area contributed by atoms with E-state index in [-0.39, 0.29) is 0 Å². The van der Waals surface area contributed by atoms with Gasteiger partial charge in [0.05, 0.1) is 10.7 Å². The van der Waals surface area contributed by atoms with Crippen LogP contribution in [0.25, 0.3) is 0 Å². The third-order valence-electron chi connectivity index (χ3n) is 2.53. The van der Waals surface area contributed by atoms with E-state index in [2.05, 4.69) is 11.9 Å². The minimum atomic E-state index is 0.432. The maximum Gasteiger partial charge on any atom is 0.140 e. The Kier molecular flexibility index (Phi) is 4.58. The molecule has 2 aromatic rings. The molecule has 2 rings (SSSR count). The average molecular weight is 283 g/mol. The monoisotopic (exact) mass is 282 g/mol. The lowest BCUT2D eigenvalue weighted by Gasteiger charge is -2.05. The van der Waals surface area contributed by atoms with E-state index in [9.17, 15) is 0 Å². The molecule has 5 heteroatoms. The van der Waals surface area contributed by atoms with E-state index in [1.54, 1.807) is 11.3 Å². The van der Waals surface area contributed by atoms with Crippen LogP contribution in [0, 0.1) is 0 Å². The van der Waals surface area contributed by atoms with Gasteiger partial charge >= 0.3 is 0 Å². The van der Waals surface area contributed by atoms with Crippen molar-refractivity contribution in [2.45, 2.75) is 26.5 Å². The van der Waals surface area contributed by atoms with Gasteiger partial charge in [-0.1, -0.05) is 30.7 Å². The molecule has 1 heterocycles. The normalized spacial score (nSPS) is 10.6. The molecular formula is C13H15ClN2OS. The van der Waals surface area contributed by atoms with Gasteiger partial charge < -0.3 is 10.5 Å². The maximum atomic E-state index is 6.02. The highest BCUT2D eigenvalue weighted by Crippen LogP contribution is 2.25. The van der Waals surface area contributed by atoms with E-state index < -0.39 is 0 Å². The van der Waals surface area contributed by atoms with Crippen LogP contribution in [0.3, 0.4) is 0 Å². The second kappa shape index (κ2) is 6.18. The fourth-order valence-corrected chi connectivity index (χ4v) is 2.78.